The molecule has 45 heavy (non-hydrogen) atoms. The highest BCUT2D eigenvalue weighted by Crippen LogP contribution is 2.38. The zero-order chi connectivity index (χ0) is 41.1. The predicted octanol–water partition coefficient (Wildman–Crippen LogP) is 10.3. The van der Waals surface area contributed by atoms with Crippen molar-refractivity contribution in [2.24, 2.45) is 0 Å². The van der Waals surface area contributed by atoms with Crippen LogP contribution in [-0.2, 0) is 0 Å². The third kappa shape index (κ3) is 4.19. The lowest BCUT2D eigenvalue weighted by molar-refractivity contribution is 1.08. The van der Waals surface area contributed by atoms with Crippen molar-refractivity contribution >= 4 is 43.4 Å². The van der Waals surface area contributed by atoms with Crippen LogP contribution < -0.4 is 0 Å². The van der Waals surface area contributed by atoms with E-state index in [4.69, 9.17) is 27.8 Å². The van der Waals surface area contributed by atoms with Crippen LogP contribution in [0.25, 0.3) is 83.2 Å². The minimum Gasteiger partial charge on any atom is -0.309 e. The monoisotopic (exact) mass is 587 g/mol. The maximum Gasteiger partial charge on any atom is 0.164 e. The summed E-state index contributed by atoms with van der Waals surface area (Å²) >= 11 is 0. The van der Waals surface area contributed by atoms with Crippen molar-refractivity contribution in [2.45, 2.75) is 0 Å². The molecular weight excluding hydrogens is 548 g/mol. The molecular formula is C41H26N4. The van der Waals surface area contributed by atoms with Crippen LogP contribution in [0.2, 0.25) is 0 Å². The van der Waals surface area contributed by atoms with Crippen molar-refractivity contribution in [3.63, 3.8) is 0 Å². The number of hydrogen-bond donors (Lipinski definition) is 0. The van der Waals surface area contributed by atoms with Gasteiger partial charge >= 0.3 is 0 Å². The van der Waals surface area contributed by atoms with Crippen molar-refractivity contribution in [1.29, 1.82) is 0 Å². The molecule has 0 bridgehead atoms. The molecule has 4 nitrogen and oxygen atoms in total. The van der Waals surface area contributed by atoms with Gasteiger partial charge in [0.25, 0.3) is 0 Å². The molecule has 0 spiro atoms. The summed E-state index contributed by atoms with van der Waals surface area (Å²) in [6, 6.07) is 17.1. The number of hydrogen-bond acceptors (Lipinski definition) is 3. The van der Waals surface area contributed by atoms with Crippen molar-refractivity contribution in [1.82, 2.24) is 19.5 Å². The second-order valence-electron chi connectivity index (χ2n) is 10.3. The molecule has 0 aliphatic rings. The van der Waals surface area contributed by atoms with Gasteiger partial charge in [-0.15, -0.1) is 0 Å². The summed E-state index contributed by atoms with van der Waals surface area (Å²) in [6.45, 7) is 0. The Morgan fingerprint density at radius 2 is 1.04 bits per heavy atom. The normalized spacial score (nSPS) is 15.6. The second kappa shape index (κ2) is 10.2. The van der Waals surface area contributed by atoms with E-state index in [0.717, 1.165) is 10.8 Å². The fourth-order valence-corrected chi connectivity index (χ4v) is 5.76. The minimum absolute atomic E-state index is 0.0341. The van der Waals surface area contributed by atoms with Gasteiger partial charge in [0.15, 0.2) is 17.5 Å². The van der Waals surface area contributed by atoms with Gasteiger partial charge in [0.2, 0.25) is 0 Å². The SMILES string of the molecule is [2H]c1c([2H])c([2H])c(-c2nc(-c3ccc4ccccc4c3)nc(-c3ccc(-n4c5c([2H])c([2H])c([2H])c([2H])c5c5c([2H])c([2H])c([2H])c([2H])c54)c4ccccc34)n2)c([2H])c1[2H]. The van der Waals surface area contributed by atoms with Gasteiger partial charge in [-0.2, -0.15) is 0 Å². The lowest BCUT2D eigenvalue weighted by atomic mass is 10.0. The fourth-order valence-electron chi connectivity index (χ4n) is 5.76. The molecule has 0 saturated heterocycles. The Labute approximate surface area is 278 Å². The van der Waals surface area contributed by atoms with Gasteiger partial charge in [-0.3, -0.25) is 0 Å². The van der Waals surface area contributed by atoms with Crippen LogP contribution in [0.15, 0.2) is 157 Å². The van der Waals surface area contributed by atoms with Gasteiger partial charge in [0.1, 0.15) is 0 Å². The van der Waals surface area contributed by atoms with Gasteiger partial charge < -0.3 is 4.57 Å². The molecule has 0 fully saturated rings. The summed E-state index contributed by atoms with van der Waals surface area (Å²) in [5.41, 5.74) is 1.06. The van der Waals surface area contributed by atoms with Crippen LogP contribution >= 0.6 is 0 Å². The molecule has 2 heterocycles. The number of benzene rings is 7. The molecule has 210 valence electrons. The first-order chi connectivity index (χ1) is 27.7. The van der Waals surface area contributed by atoms with Crippen LogP contribution in [0.5, 0.6) is 0 Å². The summed E-state index contributed by atoms with van der Waals surface area (Å²) < 4.78 is 113. The molecule has 0 atom stereocenters. The smallest absolute Gasteiger partial charge is 0.164 e. The average Bonchev–Trinajstić information content (AvgIpc) is 3.60. The molecule has 9 aromatic rings. The molecule has 0 radical (unpaired) electrons. The Balaban J connectivity index is 1.38. The number of fused-ring (bicyclic) bond motifs is 5. The topological polar surface area (TPSA) is 43.6 Å². The van der Waals surface area contributed by atoms with Crippen molar-refractivity contribution in [3.8, 4) is 39.9 Å². The van der Waals surface area contributed by atoms with E-state index in [2.05, 4.69) is 4.98 Å². The summed E-state index contributed by atoms with van der Waals surface area (Å²) in [5.74, 6) is 0.0987. The zero-order valence-electron chi connectivity index (χ0n) is 36.3. The number of para-hydroxylation sites is 2. The van der Waals surface area contributed by atoms with E-state index in [9.17, 15) is 0 Å². The number of rotatable bonds is 4. The van der Waals surface area contributed by atoms with Gasteiger partial charge in [0, 0.05) is 32.8 Å². The van der Waals surface area contributed by atoms with Gasteiger partial charge in [-0.25, -0.2) is 15.0 Å². The Morgan fingerprint density at radius 3 is 1.80 bits per heavy atom. The van der Waals surface area contributed by atoms with Gasteiger partial charge in [0.05, 0.1) is 34.5 Å². The van der Waals surface area contributed by atoms with Crippen LogP contribution in [-0.4, -0.2) is 19.5 Å². The molecule has 0 N–H and O–H groups in total. The average molecular weight is 588 g/mol. The summed E-state index contributed by atoms with van der Waals surface area (Å²) in [4.78, 5) is 14.3. The molecule has 7 aromatic carbocycles. The van der Waals surface area contributed by atoms with E-state index in [-0.39, 0.29) is 44.8 Å². The zero-order valence-corrected chi connectivity index (χ0v) is 23.3. The maximum atomic E-state index is 9.00. The largest absolute Gasteiger partial charge is 0.309 e. The minimum atomic E-state index is -0.566. The molecule has 0 saturated carbocycles. The molecule has 0 aliphatic heterocycles. The van der Waals surface area contributed by atoms with Gasteiger partial charge in [-0.1, -0.05) is 127 Å². The van der Waals surface area contributed by atoms with Crippen molar-refractivity contribution < 1.29 is 17.8 Å². The van der Waals surface area contributed by atoms with Crippen LogP contribution in [0, 0.1) is 0 Å². The quantitative estimate of drug-likeness (QED) is 0.206. The number of nitrogens with zero attached hydrogens (tertiary/aromatic N) is 4. The lowest BCUT2D eigenvalue weighted by Crippen LogP contribution is -2.01. The van der Waals surface area contributed by atoms with Gasteiger partial charge in [-0.05, 0) is 46.4 Å². The van der Waals surface area contributed by atoms with Crippen molar-refractivity contribution in [2.75, 3.05) is 0 Å². The first kappa shape index (κ1) is 15.6. The summed E-state index contributed by atoms with van der Waals surface area (Å²) in [6.07, 6.45) is 0. The molecule has 0 unspecified atom stereocenters. The molecule has 2 aromatic heterocycles. The van der Waals surface area contributed by atoms with Crippen molar-refractivity contribution in [3.05, 3.63) is 157 Å². The lowest BCUT2D eigenvalue weighted by Gasteiger charge is -2.15. The first-order valence-electron chi connectivity index (χ1n) is 20.6. The van der Waals surface area contributed by atoms with E-state index in [1.807, 2.05) is 42.5 Å². The number of aromatic nitrogens is 4. The summed E-state index contributed by atoms with van der Waals surface area (Å²) in [5, 5.41) is 2.77. The van der Waals surface area contributed by atoms with E-state index < -0.39 is 78.6 Å². The molecule has 4 heteroatoms. The summed E-state index contributed by atoms with van der Waals surface area (Å²) in [7, 11) is 0. The van der Waals surface area contributed by atoms with E-state index in [1.165, 1.54) is 4.57 Å². The highest BCUT2D eigenvalue weighted by atomic mass is 15.0. The third-order valence-electron chi connectivity index (χ3n) is 7.78. The highest BCUT2D eigenvalue weighted by molar-refractivity contribution is 6.11. The van der Waals surface area contributed by atoms with E-state index in [0.29, 0.717) is 27.6 Å². The van der Waals surface area contributed by atoms with Crippen LogP contribution in [0.1, 0.15) is 17.8 Å². The van der Waals surface area contributed by atoms with E-state index in [1.54, 1.807) is 36.4 Å². The first-order valence-corrected chi connectivity index (χ1v) is 14.1. The standard InChI is InChI=1S/C41H26N4/c1-2-13-28(14-3-1)39-42-40(30-23-22-27-12-4-5-15-29(27)26-30)44-41(43-39)35-24-25-38(32-17-7-6-16-31(32)35)45-36-20-10-8-18-33(36)34-19-9-11-21-37(34)45/h1-26H/i1D,2D,3D,8D,9D,10D,11D,13D,14D,18D,19D,20D,21D. The fraction of sp³-hybridized carbons (Fsp3) is 0. The predicted molar refractivity (Wildman–Crippen MR) is 185 cm³/mol. The Morgan fingerprint density at radius 1 is 0.444 bits per heavy atom. The maximum absolute atomic E-state index is 9.00. The second-order valence-corrected chi connectivity index (χ2v) is 10.3. The molecule has 0 amide bonds. The molecule has 0 aliphatic carbocycles. The Bertz CT molecular complexity index is 3180. The van der Waals surface area contributed by atoms with Crippen LogP contribution in [0.4, 0.5) is 0 Å². The Hall–Kier alpha value is -6.13. The van der Waals surface area contributed by atoms with Crippen LogP contribution in [0.3, 0.4) is 0 Å². The molecule has 9 rings (SSSR count). The Kier molecular flexibility index (Phi) is 3.54. The highest BCUT2D eigenvalue weighted by Gasteiger charge is 2.18. The third-order valence-corrected chi connectivity index (χ3v) is 7.78. The van der Waals surface area contributed by atoms with E-state index >= 15 is 0 Å².